The molecule has 0 unspecified atom stereocenters. The predicted octanol–water partition coefficient (Wildman–Crippen LogP) is 2.25. The summed E-state index contributed by atoms with van der Waals surface area (Å²) in [5.41, 5.74) is 0. The molecule has 0 fully saturated rings. The van der Waals surface area contributed by atoms with E-state index in [2.05, 4.69) is 23.0 Å². The number of H-pyrrole nitrogens is 1. The van der Waals surface area contributed by atoms with Gasteiger partial charge in [-0.15, -0.1) is 12.4 Å². The average Bonchev–Trinajstić information content (AvgIpc) is 2.34. The summed E-state index contributed by atoms with van der Waals surface area (Å²) in [4.78, 5) is 6.99. The second kappa shape index (κ2) is 5.06. The molecule has 0 atom stereocenters. The van der Waals surface area contributed by atoms with Gasteiger partial charge in [0.25, 0.3) is 0 Å². The second-order valence-electron chi connectivity index (χ2n) is 1.79. The van der Waals surface area contributed by atoms with Crippen LogP contribution in [-0.4, -0.2) is 9.97 Å². The Morgan fingerprint density at radius 3 is 3.00 bits per heavy atom. The molecule has 0 radical (unpaired) electrons. The lowest BCUT2D eigenvalue weighted by Crippen LogP contribution is -1.70. The predicted molar refractivity (Wildman–Crippen MR) is 45.2 cm³/mol. The lowest BCUT2D eigenvalue weighted by Gasteiger charge is -1.79. The van der Waals surface area contributed by atoms with E-state index in [1.54, 1.807) is 6.20 Å². The molecule has 1 N–H and O–H groups in total. The molecular formula is C7H11ClN2. The Morgan fingerprint density at radius 1 is 1.70 bits per heavy atom. The third-order valence-corrected chi connectivity index (χ3v) is 1.03. The van der Waals surface area contributed by atoms with Crippen LogP contribution in [0.2, 0.25) is 0 Å². The minimum atomic E-state index is 0. The highest BCUT2D eigenvalue weighted by molar-refractivity contribution is 5.85. The van der Waals surface area contributed by atoms with Crippen LogP contribution in [0.15, 0.2) is 18.5 Å². The Kier molecular flexibility index (Phi) is 4.67. The fourth-order valence-electron chi connectivity index (χ4n) is 0.598. The van der Waals surface area contributed by atoms with E-state index in [9.17, 15) is 0 Å². The molecule has 1 aromatic heterocycles. The van der Waals surface area contributed by atoms with E-state index in [1.165, 1.54) is 0 Å². The van der Waals surface area contributed by atoms with E-state index in [0.717, 1.165) is 12.2 Å². The maximum absolute atomic E-state index is 4.01. The number of hydrogen-bond acceptors (Lipinski definition) is 1. The summed E-state index contributed by atoms with van der Waals surface area (Å²) in [5, 5.41) is 0. The van der Waals surface area contributed by atoms with Crippen molar-refractivity contribution in [3.8, 4) is 0 Å². The molecule has 1 heterocycles. The van der Waals surface area contributed by atoms with E-state index in [-0.39, 0.29) is 12.4 Å². The standard InChI is InChI=1S/C7H10N2.ClH/c1-2-3-4-7-8-5-6-9-7;/h3-6H,2H2,1H3,(H,8,9);1H. The van der Waals surface area contributed by atoms with Crippen molar-refractivity contribution in [3.63, 3.8) is 0 Å². The molecule has 0 aliphatic rings. The molecule has 0 spiro atoms. The van der Waals surface area contributed by atoms with Crippen LogP contribution in [0.5, 0.6) is 0 Å². The van der Waals surface area contributed by atoms with Gasteiger partial charge in [-0.3, -0.25) is 0 Å². The lowest BCUT2D eigenvalue weighted by molar-refractivity contribution is 1.21. The number of hydrogen-bond donors (Lipinski definition) is 1. The van der Waals surface area contributed by atoms with Crippen LogP contribution in [0.4, 0.5) is 0 Å². The highest BCUT2D eigenvalue weighted by atomic mass is 35.5. The number of allylic oxidation sites excluding steroid dienone is 1. The third-order valence-electron chi connectivity index (χ3n) is 1.03. The van der Waals surface area contributed by atoms with E-state index in [1.807, 2.05) is 12.3 Å². The monoisotopic (exact) mass is 158 g/mol. The molecule has 56 valence electrons. The van der Waals surface area contributed by atoms with Gasteiger partial charge in [0.15, 0.2) is 0 Å². The summed E-state index contributed by atoms with van der Waals surface area (Å²) in [6, 6.07) is 0. The zero-order valence-corrected chi connectivity index (χ0v) is 6.69. The SMILES string of the molecule is CCC=Cc1ncc[nH]1.Cl. The molecule has 0 aliphatic carbocycles. The van der Waals surface area contributed by atoms with E-state index >= 15 is 0 Å². The normalized spacial score (nSPS) is 9.70. The first-order valence-corrected chi connectivity index (χ1v) is 3.09. The summed E-state index contributed by atoms with van der Waals surface area (Å²) in [5.74, 6) is 0.928. The van der Waals surface area contributed by atoms with Gasteiger partial charge >= 0.3 is 0 Å². The minimum Gasteiger partial charge on any atom is -0.345 e. The number of aromatic nitrogens is 2. The van der Waals surface area contributed by atoms with Gasteiger partial charge in [-0.1, -0.05) is 13.0 Å². The van der Waals surface area contributed by atoms with Crippen LogP contribution < -0.4 is 0 Å². The van der Waals surface area contributed by atoms with E-state index in [0.29, 0.717) is 0 Å². The van der Waals surface area contributed by atoms with Gasteiger partial charge in [0, 0.05) is 12.4 Å². The van der Waals surface area contributed by atoms with Crippen LogP contribution in [0, 0.1) is 0 Å². The Balaban J connectivity index is 0.000000810. The van der Waals surface area contributed by atoms with Crippen molar-refractivity contribution in [3.05, 3.63) is 24.3 Å². The van der Waals surface area contributed by atoms with Gasteiger partial charge in [0.1, 0.15) is 5.82 Å². The number of imidazole rings is 1. The first-order valence-electron chi connectivity index (χ1n) is 3.09. The van der Waals surface area contributed by atoms with Crippen LogP contribution in [-0.2, 0) is 0 Å². The number of nitrogens with zero attached hydrogens (tertiary/aromatic N) is 1. The molecule has 1 rings (SSSR count). The van der Waals surface area contributed by atoms with Crippen LogP contribution >= 0.6 is 12.4 Å². The van der Waals surface area contributed by atoms with Gasteiger partial charge < -0.3 is 4.98 Å². The Labute approximate surface area is 66.8 Å². The average molecular weight is 159 g/mol. The van der Waals surface area contributed by atoms with Crippen molar-refractivity contribution in [1.82, 2.24) is 9.97 Å². The summed E-state index contributed by atoms with van der Waals surface area (Å²) in [7, 11) is 0. The van der Waals surface area contributed by atoms with Crippen LogP contribution in [0.3, 0.4) is 0 Å². The molecule has 0 saturated carbocycles. The van der Waals surface area contributed by atoms with Gasteiger partial charge in [-0.2, -0.15) is 0 Å². The highest BCUT2D eigenvalue weighted by Gasteiger charge is 1.81. The maximum atomic E-state index is 4.01. The molecule has 1 aromatic rings. The molecule has 10 heavy (non-hydrogen) atoms. The molecule has 0 saturated heterocycles. The summed E-state index contributed by atoms with van der Waals surface area (Å²) >= 11 is 0. The summed E-state index contributed by atoms with van der Waals surface area (Å²) in [6.07, 6.45) is 8.66. The molecule has 0 amide bonds. The number of rotatable bonds is 2. The number of halogens is 1. The van der Waals surface area contributed by atoms with Crippen molar-refractivity contribution in [2.45, 2.75) is 13.3 Å². The van der Waals surface area contributed by atoms with Crippen LogP contribution in [0.25, 0.3) is 6.08 Å². The largest absolute Gasteiger partial charge is 0.345 e. The van der Waals surface area contributed by atoms with Gasteiger partial charge in [0.2, 0.25) is 0 Å². The molecule has 0 aromatic carbocycles. The maximum Gasteiger partial charge on any atom is 0.129 e. The smallest absolute Gasteiger partial charge is 0.129 e. The first-order chi connectivity index (χ1) is 4.43. The quantitative estimate of drug-likeness (QED) is 0.703. The fraction of sp³-hybridized carbons (Fsp3) is 0.286. The Morgan fingerprint density at radius 2 is 2.50 bits per heavy atom. The number of nitrogens with one attached hydrogen (secondary N) is 1. The Bertz CT molecular complexity index is 179. The minimum absolute atomic E-state index is 0. The highest BCUT2D eigenvalue weighted by Crippen LogP contribution is 1.92. The van der Waals surface area contributed by atoms with Crippen molar-refractivity contribution >= 4 is 18.5 Å². The van der Waals surface area contributed by atoms with Crippen molar-refractivity contribution in [1.29, 1.82) is 0 Å². The Hall–Kier alpha value is -0.760. The summed E-state index contributed by atoms with van der Waals surface area (Å²) in [6.45, 7) is 2.10. The number of aromatic amines is 1. The van der Waals surface area contributed by atoms with Crippen molar-refractivity contribution in [2.75, 3.05) is 0 Å². The van der Waals surface area contributed by atoms with E-state index < -0.39 is 0 Å². The molecule has 2 nitrogen and oxygen atoms in total. The zero-order chi connectivity index (χ0) is 6.53. The molecule has 3 heteroatoms. The topological polar surface area (TPSA) is 28.7 Å². The van der Waals surface area contributed by atoms with Crippen LogP contribution in [0.1, 0.15) is 19.2 Å². The molecular weight excluding hydrogens is 148 g/mol. The second-order valence-corrected chi connectivity index (χ2v) is 1.79. The lowest BCUT2D eigenvalue weighted by atomic mass is 10.4. The van der Waals surface area contributed by atoms with Gasteiger partial charge in [-0.25, -0.2) is 4.98 Å². The molecule has 0 bridgehead atoms. The zero-order valence-electron chi connectivity index (χ0n) is 5.87. The van der Waals surface area contributed by atoms with Gasteiger partial charge in [0.05, 0.1) is 0 Å². The third kappa shape index (κ3) is 2.69. The van der Waals surface area contributed by atoms with Crippen molar-refractivity contribution < 1.29 is 0 Å². The van der Waals surface area contributed by atoms with E-state index in [4.69, 9.17) is 0 Å². The summed E-state index contributed by atoms with van der Waals surface area (Å²) < 4.78 is 0. The fourth-order valence-corrected chi connectivity index (χ4v) is 0.598. The first kappa shape index (κ1) is 9.24. The van der Waals surface area contributed by atoms with Crippen molar-refractivity contribution in [2.24, 2.45) is 0 Å². The van der Waals surface area contributed by atoms with Gasteiger partial charge in [-0.05, 0) is 12.5 Å². The molecule has 0 aliphatic heterocycles.